The molecule has 0 saturated carbocycles. The second-order valence-electron chi connectivity index (χ2n) is 6.15. The molecule has 0 unspecified atom stereocenters. The number of aromatic nitrogens is 1. The lowest BCUT2D eigenvalue weighted by Crippen LogP contribution is -2.15. The number of halogens is 1. The minimum absolute atomic E-state index is 0.0134. The van der Waals surface area contributed by atoms with E-state index in [0.29, 0.717) is 28.5 Å². The van der Waals surface area contributed by atoms with E-state index < -0.39 is 5.82 Å². The zero-order valence-corrected chi connectivity index (χ0v) is 15.1. The molecule has 0 aliphatic heterocycles. The smallest absolute Gasteiger partial charge is 0.255 e. The van der Waals surface area contributed by atoms with E-state index in [-0.39, 0.29) is 12.0 Å². The summed E-state index contributed by atoms with van der Waals surface area (Å²) in [6, 6.07) is 16.7. The molecule has 0 atom stereocenters. The van der Waals surface area contributed by atoms with E-state index in [0.717, 1.165) is 0 Å². The van der Waals surface area contributed by atoms with Gasteiger partial charge in [0, 0.05) is 11.8 Å². The first-order valence-electron chi connectivity index (χ1n) is 8.57. The van der Waals surface area contributed by atoms with Crippen molar-refractivity contribution in [2.75, 3.05) is 10.6 Å². The van der Waals surface area contributed by atoms with Gasteiger partial charge in [0.1, 0.15) is 17.4 Å². The van der Waals surface area contributed by atoms with Crippen LogP contribution in [0.2, 0.25) is 0 Å². The summed E-state index contributed by atoms with van der Waals surface area (Å²) >= 11 is 0. The van der Waals surface area contributed by atoms with E-state index in [1.807, 2.05) is 26.0 Å². The predicted octanol–water partition coefficient (Wildman–Crippen LogP) is 5.00. The van der Waals surface area contributed by atoms with Crippen LogP contribution in [-0.4, -0.2) is 17.0 Å². The molecule has 3 rings (SSSR count). The number of ether oxygens (including phenoxy) is 1. The monoisotopic (exact) mass is 365 g/mol. The summed E-state index contributed by atoms with van der Waals surface area (Å²) in [5.41, 5.74) is 1.26. The highest BCUT2D eigenvalue weighted by Gasteiger charge is 2.12. The fourth-order valence-corrected chi connectivity index (χ4v) is 2.46. The third-order valence-electron chi connectivity index (χ3n) is 3.66. The second kappa shape index (κ2) is 8.31. The number of hydrogen-bond acceptors (Lipinski definition) is 4. The minimum atomic E-state index is -0.395. The second-order valence-corrected chi connectivity index (χ2v) is 6.15. The number of rotatable bonds is 6. The van der Waals surface area contributed by atoms with Crippen LogP contribution >= 0.6 is 0 Å². The van der Waals surface area contributed by atoms with Gasteiger partial charge in [-0.15, -0.1) is 0 Å². The van der Waals surface area contributed by atoms with E-state index in [1.165, 1.54) is 12.3 Å². The van der Waals surface area contributed by atoms with Gasteiger partial charge >= 0.3 is 0 Å². The Hall–Kier alpha value is -3.41. The van der Waals surface area contributed by atoms with E-state index in [9.17, 15) is 9.18 Å². The minimum Gasteiger partial charge on any atom is -0.489 e. The number of carbonyl (C=O) groups excluding carboxylic acids is 1. The number of pyridine rings is 1. The molecular weight excluding hydrogens is 345 g/mol. The highest BCUT2D eigenvalue weighted by atomic mass is 19.1. The molecule has 0 aliphatic carbocycles. The number of anilines is 3. The summed E-state index contributed by atoms with van der Waals surface area (Å²) in [5.74, 6) is 0.266. The molecule has 6 heteroatoms. The largest absolute Gasteiger partial charge is 0.489 e. The summed E-state index contributed by atoms with van der Waals surface area (Å²) < 4.78 is 19.5. The van der Waals surface area contributed by atoms with Crippen LogP contribution in [0, 0.1) is 5.82 Å². The van der Waals surface area contributed by atoms with Gasteiger partial charge in [-0.3, -0.25) is 4.79 Å². The van der Waals surface area contributed by atoms with Crippen LogP contribution in [0.5, 0.6) is 5.75 Å². The van der Waals surface area contributed by atoms with Crippen molar-refractivity contribution >= 4 is 23.1 Å². The van der Waals surface area contributed by atoms with Gasteiger partial charge in [-0.05, 0) is 50.2 Å². The Morgan fingerprint density at radius 2 is 1.74 bits per heavy atom. The van der Waals surface area contributed by atoms with Crippen LogP contribution in [0.15, 0.2) is 66.9 Å². The van der Waals surface area contributed by atoms with Gasteiger partial charge in [0.2, 0.25) is 0 Å². The quantitative estimate of drug-likeness (QED) is 0.645. The zero-order chi connectivity index (χ0) is 19.2. The van der Waals surface area contributed by atoms with Gasteiger partial charge in [0.05, 0.1) is 17.5 Å². The number of nitrogens with one attached hydrogen (secondary N) is 2. The molecule has 2 aromatic carbocycles. The van der Waals surface area contributed by atoms with E-state index in [1.54, 1.807) is 42.5 Å². The first-order chi connectivity index (χ1) is 13.0. The maximum Gasteiger partial charge on any atom is 0.255 e. The Morgan fingerprint density at radius 1 is 1.04 bits per heavy atom. The summed E-state index contributed by atoms with van der Waals surface area (Å²) in [7, 11) is 0. The third-order valence-corrected chi connectivity index (χ3v) is 3.66. The number of benzene rings is 2. The van der Waals surface area contributed by atoms with Crippen molar-refractivity contribution in [2.45, 2.75) is 20.0 Å². The van der Waals surface area contributed by atoms with Crippen molar-refractivity contribution < 1.29 is 13.9 Å². The number of carbonyl (C=O) groups is 1. The lowest BCUT2D eigenvalue weighted by atomic mass is 10.2. The van der Waals surface area contributed by atoms with E-state index in [2.05, 4.69) is 15.6 Å². The van der Waals surface area contributed by atoms with Gasteiger partial charge in [-0.1, -0.05) is 24.3 Å². The maximum atomic E-state index is 13.8. The standard InChI is InChI=1S/C21H20FN3O2/c1-14(2)27-19-10-6-5-9-18(19)25-21(26)15-11-12-23-20(13-15)24-17-8-4-3-7-16(17)22/h3-14H,1-2H3,(H,23,24)(H,25,26). The Bertz CT molecular complexity index is 944. The fourth-order valence-electron chi connectivity index (χ4n) is 2.46. The molecule has 1 heterocycles. The average Bonchev–Trinajstić information content (AvgIpc) is 2.65. The zero-order valence-electron chi connectivity index (χ0n) is 15.1. The van der Waals surface area contributed by atoms with Crippen molar-refractivity contribution in [3.63, 3.8) is 0 Å². The Balaban J connectivity index is 1.77. The number of amides is 1. The summed E-state index contributed by atoms with van der Waals surface area (Å²) in [4.78, 5) is 16.8. The number of para-hydroxylation sites is 3. The van der Waals surface area contributed by atoms with Crippen molar-refractivity contribution in [3.05, 3.63) is 78.2 Å². The first-order valence-corrected chi connectivity index (χ1v) is 8.57. The van der Waals surface area contributed by atoms with Gasteiger partial charge in [0.25, 0.3) is 5.91 Å². The first kappa shape index (κ1) is 18.4. The molecule has 0 aliphatic rings. The van der Waals surface area contributed by atoms with Crippen LogP contribution in [0.1, 0.15) is 24.2 Å². The van der Waals surface area contributed by atoms with Crippen LogP contribution in [-0.2, 0) is 0 Å². The molecule has 2 N–H and O–H groups in total. The SMILES string of the molecule is CC(C)Oc1ccccc1NC(=O)c1ccnc(Nc2ccccc2F)c1. The molecular formula is C21H20FN3O2. The van der Waals surface area contributed by atoms with Crippen molar-refractivity contribution in [3.8, 4) is 5.75 Å². The predicted molar refractivity (Wildman–Crippen MR) is 104 cm³/mol. The van der Waals surface area contributed by atoms with Crippen molar-refractivity contribution in [2.24, 2.45) is 0 Å². The maximum absolute atomic E-state index is 13.8. The molecule has 5 nitrogen and oxygen atoms in total. The van der Waals surface area contributed by atoms with E-state index in [4.69, 9.17) is 4.74 Å². The molecule has 0 bridgehead atoms. The van der Waals surface area contributed by atoms with E-state index >= 15 is 0 Å². The third kappa shape index (κ3) is 4.82. The average molecular weight is 365 g/mol. The number of nitrogens with zero attached hydrogens (tertiary/aromatic N) is 1. The van der Waals surface area contributed by atoms with Crippen LogP contribution in [0.4, 0.5) is 21.6 Å². The highest BCUT2D eigenvalue weighted by Crippen LogP contribution is 2.26. The van der Waals surface area contributed by atoms with Gasteiger partial charge in [-0.2, -0.15) is 0 Å². The van der Waals surface area contributed by atoms with Crippen LogP contribution in [0.3, 0.4) is 0 Å². The topological polar surface area (TPSA) is 63.2 Å². The normalized spacial score (nSPS) is 10.5. The van der Waals surface area contributed by atoms with Gasteiger partial charge < -0.3 is 15.4 Å². The van der Waals surface area contributed by atoms with Gasteiger partial charge in [-0.25, -0.2) is 9.37 Å². The molecule has 0 fully saturated rings. The number of hydrogen-bond donors (Lipinski definition) is 2. The lowest BCUT2D eigenvalue weighted by Gasteiger charge is -2.15. The fraction of sp³-hybridized carbons (Fsp3) is 0.143. The molecule has 0 saturated heterocycles. The Morgan fingerprint density at radius 3 is 2.48 bits per heavy atom. The molecule has 0 spiro atoms. The lowest BCUT2D eigenvalue weighted by molar-refractivity contribution is 0.102. The Kier molecular flexibility index (Phi) is 5.66. The molecule has 3 aromatic rings. The van der Waals surface area contributed by atoms with Crippen molar-refractivity contribution in [1.82, 2.24) is 4.98 Å². The van der Waals surface area contributed by atoms with Crippen LogP contribution in [0.25, 0.3) is 0 Å². The summed E-state index contributed by atoms with van der Waals surface area (Å²) in [6.07, 6.45) is 1.48. The highest BCUT2D eigenvalue weighted by molar-refractivity contribution is 6.05. The van der Waals surface area contributed by atoms with Crippen LogP contribution < -0.4 is 15.4 Å². The summed E-state index contributed by atoms with van der Waals surface area (Å²) in [6.45, 7) is 3.84. The van der Waals surface area contributed by atoms with Crippen molar-refractivity contribution in [1.29, 1.82) is 0 Å². The molecule has 27 heavy (non-hydrogen) atoms. The molecule has 138 valence electrons. The Labute approximate surface area is 157 Å². The molecule has 1 aromatic heterocycles. The molecule has 1 amide bonds. The summed E-state index contributed by atoms with van der Waals surface area (Å²) in [5, 5.41) is 5.72. The molecule has 0 radical (unpaired) electrons. The van der Waals surface area contributed by atoms with Gasteiger partial charge in [0.15, 0.2) is 0 Å².